The van der Waals surface area contributed by atoms with Crippen molar-refractivity contribution in [3.8, 4) is 0 Å². The van der Waals surface area contributed by atoms with E-state index in [-0.39, 0.29) is 17.9 Å². The third-order valence-electron chi connectivity index (χ3n) is 4.28. The summed E-state index contributed by atoms with van der Waals surface area (Å²) < 4.78 is 31.6. The van der Waals surface area contributed by atoms with E-state index in [9.17, 15) is 23.1 Å². The van der Waals surface area contributed by atoms with Gasteiger partial charge in [0.25, 0.3) is 5.91 Å². The molecule has 8 nitrogen and oxygen atoms in total. The van der Waals surface area contributed by atoms with Gasteiger partial charge < -0.3 is 15.6 Å². The van der Waals surface area contributed by atoms with E-state index >= 15 is 0 Å². The molecule has 138 valence electrons. The summed E-state index contributed by atoms with van der Waals surface area (Å²) in [5.41, 5.74) is 6.79. The van der Waals surface area contributed by atoms with Crippen LogP contribution in [-0.2, 0) is 24.3 Å². The fourth-order valence-corrected chi connectivity index (χ4v) is 4.30. The molecule has 1 heterocycles. The summed E-state index contributed by atoms with van der Waals surface area (Å²) in [6, 6.07) is 3.45. The molecule has 2 rings (SSSR count). The number of β-amino-alcohol motifs (C(OH)–C–C–N with tert-alkyl or cyclic N) is 1. The Balaban J connectivity index is 2.32. The van der Waals surface area contributed by atoms with Crippen LogP contribution in [0.3, 0.4) is 0 Å². The number of sulfonamides is 1. The molecule has 0 saturated carbocycles. The molecule has 1 amide bonds. The van der Waals surface area contributed by atoms with Gasteiger partial charge in [0, 0.05) is 13.0 Å². The molecule has 1 fully saturated rings. The Morgan fingerprint density at radius 3 is 2.52 bits per heavy atom. The minimum atomic E-state index is -4.00. The number of ether oxygens (including phenoxy) is 1. The molecular weight excluding hydrogens is 348 g/mol. The maximum absolute atomic E-state index is 12.9. The number of hydrogen-bond acceptors (Lipinski definition) is 6. The number of nitrogens with zero attached hydrogens (tertiary/aromatic N) is 1. The first-order chi connectivity index (χ1) is 11.5. The molecule has 0 unspecified atom stereocenters. The average Bonchev–Trinajstić information content (AvgIpc) is 2.92. The highest BCUT2D eigenvalue weighted by Crippen LogP contribution is 2.28. The molecular formula is C16H22N2O6S. The zero-order valence-electron chi connectivity index (χ0n) is 14.3. The average molecular weight is 370 g/mol. The largest absolute Gasteiger partial charge is 0.451 e. The number of benzene rings is 1. The quantitative estimate of drug-likeness (QED) is 0.694. The standard InChI is InChI=1S/C16H22N2O6S/c1-9-4-5-13(6-10(9)2)25(22,23)18-8-12(19)7-14(18)16(21)24-11(3)15(17)20/h4-6,11-12,14,19H,7-8H2,1-3H3,(H2,17,20)/t11-,12-,14-/m0/s1. The van der Waals surface area contributed by atoms with E-state index in [4.69, 9.17) is 10.5 Å². The van der Waals surface area contributed by atoms with Gasteiger partial charge in [0.2, 0.25) is 10.0 Å². The molecule has 1 aromatic rings. The van der Waals surface area contributed by atoms with E-state index < -0.39 is 40.1 Å². The van der Waals surface area contributed by atoms with Crippen LogP contribution in [0.2, 0.25) is 0 Å². The molecule has 0 radical (unpaired) electrons. The van der Waals surface area contributed by atoms with E-state index in [1.165, 1.54) is 19.1 Å². The van der Waals surface area contributed by atoms with Crippen LogP contribution in [0.15, 0.2) is 23.1 Å². The van der Waals surface area contributed by atoms with Gasteiger partial charge in [0.05, 0.1) is 11.0 Å². The first kappa shape index (κ1) is 19.4. The molecule has 0 bridgehead atoms. The van der Waals surface area contributed by atoms with Crippen molar-refractivity contribution < 1.29 is 27.9 Å². The number of carbonyl (C=O) groups is 2. The fourth-order valence-electron chi connectivity index (χ4n) is 2.58. The first-order valence-electron chi connectivity index (χ1n) is 7.81. The molecule has 1 aromatic carbocycles. The van der Waals surface area contributed by atoms with Crippen molar-refractivity contribution >= 4 is 21.9 Å². The molecule has 1 aliphatic heterocycles. The van der Waals surface area contributed by atoms with Crippen molar-refractivity contribution in [1.29, 1.82) is 0 Å². The number of aliphatic hydroxyl groups is 1. The van der Waals surface area contributed by atoms with Crippen molar-refractivity contribution in [1.82, 2.24) is 4.31 Å². The maximum Gasteiger partial charge on any atom is 0.325 e. The van der Waals surface area contributed by atoms with E-state index in [0.717, 1.165) is 15.4 Å². The van der Waals surface area contributed by atoms with Gasteiger partial charge in [-0.2, -0.15) is 4.31 Å². The molecule has 1 saturated heterocycles. The SMILES string of the molecule is Cc1ccc(S(=O)(=O)N2C[C@@H](O)C[C@H]2C(=O)O[C@@H](C)C(N)=O)cc1C. The zero-order chi connectivity index (χ0) is 18.9. The van der Waals surface area contributed by atoms with Gasteiger partial charge in [-0.1, -0.05) is 6.07 Å². The number of nitrogens with two attached hydrogens (primary N) is 1. The van der Waals surface area contributed by atoms with Crippen LogP contribution >= 0.6 is 0 Å². The van der Waals surface area contributed by atoms with E-state index in [1.807, 2.05) is 6.92 Å². The number of aryl methyl sites for hydroxylation is 2. The van der Waals surface area contributed by atoms with Crippen LogP contribution < -0.4 is 5.73 Å². The lowest BCUT2D eigenvalue weighted by Gasteiger charge is -2.23. The topological polar surface area (TPSA) is 127 Å². The van der Waals surface area contributed by atoms with E-state index in [2.05, 4.69) is 0 Å². The van der Waals surface area contributed by atoms with Crippen LogP contribution in [0.4, 0.5) is 0 Å². The monoisotopic (exact) mass is 370 g/mol. The Labute approximate surface area is 146 Å². The summed E-state index contributed by atoms with van der Waals surface area (Å²) in [6.07, 6.45) is -2.28. The summed E-state index contributed by atoms with van der Waals surface area (Å²) in [5.74, 6) is -1.74. The molecule has 0 spiro atoms. The molecule has 0 aromatic heterocycles. The van der Waals surface area contributed by atoms with Crippen LogP contribution in [0.25, 0.3) is 0 Å². The van der Waals surface area contributed by atoms with E-state index in [1.54, 1.807) is 13.0 Å². The number of hydrogen-bond donors (Lipinski definition) is 2. The summed E-state index contributed by atoms with van der Waals surface area (Å²) in [4.78, 5) is 23.3. The fraction of sp³-hybridized carbons (Fsp3) is 0.500. The lowest BCUT2D eigenvalue weighted by atomic mass is 10.1. The van der Waals surface area contributed by atoms with Crippen LogP contribution in [0, 0.1) is 13.8 Å². The van der Waals surface area contributed by atoms with Crippen LogP contribution in [0.1, 0.15) is 24.5 Å². The van der Waals surface area contributed by atoms with Gasteiger partial charge in [-0.3, -0.25) is 9.59 Å². The number of primary amides is 1. The molecule has 1 aliphatic rings. The molecule has 3 N–H and O–H groups in total. The van der Waals surface area contributed by atoms with Crippen molar-refractivity contribution in [3.63, 3.8) is 0 Å². The Morgan fingerprint density at radius 2 is 1.96 bits per heavy atom. The minimum Gasteiger partial charge on any atom is -0.451 e. The smallest absolute Gasteiger partial charge is 0.325 e. The molecule has 3 atom stereocenters. The maximum atomic E-state index is 12.9. The first-order valence-corrected chi connectivity index (χ1v) is 9.25. The van der Waals surface area contributed by atoms with Gasteiger partial charge in [0.15, 0.2) is 6.10 Å². The second kappa shape index (κ2) is 7.11. The predicted octanol–water partition coefficient (Wildman–Crippen LogP) is -0.156. The Morgan fingerprint density at radius 1 is 1.32 bits per heavy atom. The molecule has 25 heavy (non-hydrogen) atoms. The van der Waals surface area contributed by atoms with Crippen LogP contribution in [-0.4, -0.2) is 54.5 Å². The lowest BCUT2D eigenvalue weighted by Crippen LogP contribution is -2.43. The summed E-state index contributed by atoms with van der Waals surface area (Å²) >= 11 is 0. The second-order valence-electron chi connectivity index (χ2n) is 6.21. The summed E-state index contributed by atoms with van der Waals surface area (Å²) in [5, 5.41) is 9.87. The van der Waals surface area contributed by atoms with Gasteiger partial charge in [0.1, 0.15) is 6.04 Å². The van der Waals surface area contributed by atoms with E-state index in [0.29, 0.717) is 0 Å². The van der Waals surface area contributed by atoms with Crippen molar-refractivity contribution in [2.75, 3.05) is 6.54 Å². The number of aliphatic hydroxyl groups excluding tert-OH is 1. The summed E-state index contributed by atoms with van der Waals surface area (Å²) in [7, 11) is -4.00. The highest BCUT2D eigenvalue weighted by Gasteiger charge is 2.45. The Kier molecular flexibility index (Phi) is 5.50. The number of carbonyl (C=O) groups excluding carboxylic acids is 2. The van der Waals surface area contributed by atoms with Crippen molar-refractivity contribution in [2.24, 2.45) is 5.73 Å². The number of rotatable bonds is 5. The predicted molar refractivity (Wildman–Crippen MR) is 89.0 cm³/mol. The van der Waals surface area contributed by atoms with Gasteiger partial charge in [-0.15, -0.1) is 0 Å². The second-order valence-corrected chi connectivity index (χ2v) is 8.10. The number of amides is 1. The highest BCUT2D eigenvalue weighted by molar-refractivity contribution is 7.89. The van der Waals surface area contributed by atoms with Gasteiger partial charge in [-0.25, -0.2) is 8.42 Å². The minimum absolute atomic E-state index is 0.0328. The highest BCUT2D eigenvalue weighted by atomic mass is 32.2. The zero-order valence-corrected chi connectivity index (χ0v) is 15.1. The Hall–Kier alpha value is -1.97. The van der Waals surface area contributed by atoms with Crippen LogP contribution in [0.5, 0.6) is 0 Å². The molecule has 0 aliphatic carbocycles. The number of esters is 1. The normalized spacial score (nSPS) is 22.6. The van der Waals surface area contributed by atoms with Gasteiger partial charge in [-0.05, 0) is 44.0 Å². The lowest BCUT2D eigenvalue weighted by molar-refractivity contribution is -0.157. The van der Waals surface area contributed by atoms with Crippen molar-refractivity contribution in [2.45, 2.75) is 50.3 Å². The third-order valence-corrected chi connectivity index (χ3v) is 6.15. The Bertz CT molecular complexity index is 792. The summed E-state index contributed by atoms with van der Waals surface area (Å²) in [6.45, 7) is 4.72. The molecule has 9 heteroatoms. The van der Waals surface area contributed by atoms with Crippen molar-refractivity contribution in [3.05, 3.63) is 29.3 Å². The van der Waals surface area contributed by atoms with Gasteiger partial charge >= 0.3 is 5.97 Å². The third kappa shape index (κ3) is 4.00.